The molecule has 19 heavy (non-hydrogen) atoms. The molecule has 1 aliphatic heterocycles. The van der Waals surface area contributed by atoms with Crippen LogP contribution >= 0.6 is 0 Å². The number of hydrogen-bond acceptors (Lipinski definition) is 3. The molecule has 0 aliphatic carbocycles. The number of piperidine rings is 1. The lowest BCUT2D eigenvalue weighted by Crippen LogP contribution is -2.34. The van der Waals surface area contributed by atoms with Crippen LogP contribution in [0.5, 0.6) is 5.75 Å². The van der Waals surface area contributed by atoms with Crippen LogP contribution in [0.4, 0.5) is 0 Å². The summed E-state index contributed by atoms with van der Waals surface area (Å²) >= 11 is 0. The first kappa shape index (κ1) is 13.9. The van der Waals surface area contributed by atoms with Crippen molar-refractivity contribution in [1.82, 2.24) is 4.90 Å². The Hall–Kier alpha value is -1.55. The Bertz CT molecular complexity index is 422. The van der Waals surface area contributed by atoms with Gasteiger partial charge in [0.05, 0.1) is 13.0 Å². The van der Waals surface area contributed by atoms with E-state index in [0.717, 1.165) is 37.2 Å². The van der Waals surface area contributed by atoms with Crippen molar-refractivity contribution in [2.45, 2.75) is 18.8 Å². The minimum absolute atomic E-state index is 0.224. The summed E-state index contributed by atoms with van der Waals surface area (Å²) < 4.78 is 5.11. The summed E-state index contributed by atoms with van der Waals surface area (Å²) in [5, 5.41) is 9.53. The van der Waals surface area contributed by atoms with Crippen molar-refractivity contribution in [3.8, 4) is 5.75 Å². The summed E-state index contributed by atoms with van der Waals surface area (Å²) in [5.41, 5.74) is 0.878. The van der Waals surface area contributed by atoms with Gasteiger partial charge in [0.15, 0.2) is 0 Å². The van der Waals surface area contributed by atoms with E-state index in [2.05, 4.69) is 11.9 Å². The van der Waals surface area contributed by atoms with E-state index in [1.54, 1.807) is 7.11 Å². The van der Waals surface area contributed by atoms with Gasteiger partial charge in [0.25, 0.3) is 0 Å². The maximum atomic E-state index is 11.6. The number of likely N-dealkylation sites (tertiary alicyclic amines) is 1. The van der Waals surface area contributed by atoms with Crippen LogP contribution in [0.25, 0.3) is 0 Å². The molecular weight excluding hydrogens is 242 g/mol. The zero-order chi connectivity index (χ0) is 13.8. The second-order valence-electron chi connectivity index (χ2n) is 5.23. The van der Waals surface area contributed by atoms with Gasteiger partial charge in [-0.1, -0.05) is 12.1 Å². The number of carboxylic acids is 1. The summed E-state index contributed by atoms with van der Waals surface area (Å²) in [6.07, 6.45) is 1.89. The fourth-order valence-electron chi connectivity index (χ4n) is 2.79. The number of hydrogen-bond donors (Lipinski definition) is 1. The van der Waals surface area contributed by atoms with Crippen LogP contribution in [0.3, 0.4) is 0 Å². The molecule has 0 amide bonds. The topological polar surface area (TPSA) is 49.8 Å². The van der Waals surface area contributed by atoms with Gasteiger partial charge in [-0.05, 0) is 56.6 Å². The molecule has 1 saturated heterocycles. The Morgan fingerprint density at radius 3 is 2.37 bits per heavy atom. The van der Waals surface area contributed by atoms with Crippen LogP contribution in [-0.2, 0) is 4.79 Å². The molecule has 1 aromatic rings. The Labute approximate surface area is 114 Å². The van der Waals surface area contributed by atoms with E-state index in [9.17, 15) is 9.90 Å². The first-order chi connectivity index (χ1) is 9.11. The van der Waals surface area contributed by atoms with E-state index in [1.807, 2.05) is 24.3 Å². The van der Waals surface area contributed by atoms with E-state index >= 15 is 0 Å². The summed E-state index contributed by atoms with van der Waals surface area (Å²) in [6, 6.07) is 7.41. The minimum atomic E-state index is -0.722. The third-order valence-corrected chi connectivity index (χ3v) is 3.98. The zero-order valence-electron chi connectivity index (χ0n) is 11.5. The Morgan fingerprint density at radius 2 is 1.89 bits per heavy atom. The van der Waals surface area contributed by atoms with E-state index in [0.29, 0.717) is 0 Å². The molecule has 104 valence electrons. The third-order valence-electron chi connectivity index (χ3n) is 3.98. The maximum Gasteiger partial charge on any atom is 0.311 e. The van der Waals surface area contributed by atoms with Crippen molar-refractivity contribution in [1.29, 1.82) is 0 Å². The van der Waals surface area contributed by atoms with E-state index in [4.69, 9.17) is 4.74 Å². The number of nitrogens with zero attached hydrogens (tertiary/aromatic N) is 1. The average Bonchev–Trinajstić information content (AvgIpc) is 2.42. The number of carbonyl (C=O) groups is 1. The van der Waals surface area contributed by atoms with Crippen LogP contribution in [-0.4, -0.2) is 43.2 Å². The van der Waals surface area contributed by atoms with Gasteiger partial charge in [-0.25, -0.2) is 0 Å². The predicted molar refractivity (Wildman–Crippen MR) is 73.6 cm³/mol. The molecule has 4 heteroatoms. The molecule has 1 aliphatic rings. The molecule has 0 aromatic heterocycles. The highest BCUT2D eigenvalue weighted by Gasteiger charge is 2.31. The first-order valence-electron chi connectivity index (χ1n) is 6.67. The number of benzene rings is 1. The van der Waals surface area contributed by atoms with E-state index in [-0.39, 0.29) is 5.92 Å². The van der Waals surface area contributed by atoms with Gasteiger partial charge in [0, 0.05) is 0 Å². The third kappa shape index (κ3) is 3.26. The van der Waals surface area contributed by atoms with Crippen molar-refractivity contribution < 1.29 is 14.6 Å². The molecule has 1 fully saturated rings. The van der Waals surface area contributed by atoms with Gasteiger partial charge in [-0.3, -0.25) is 4.79 Å². The van der Waals surface area contributed by atoms with Gasteiger partial charge in [0.2, 0.25) is 0 Å². The smallest absolute Gasteiger partial charge is 0.311 e. The number of methoxy groups -OCH3 is 1. The van der Waals surface area contributed by atoms with Gasteiger partial charge >= 0.3 is 5.97 Å². The fourth-order valence-corrected chi connectivity index (χ4v) is 2.79. The van der Waals surface area contributed by atoms with Crippen molar-refractivity contribution in [2.24, 2.45) is 5.92 Å². The summed E-state index contributed by atoms with van der Waals surface area (Å²) in [6.45, 7) is 1.95. The van der Waals surface area contributed by atoms with E-state index in [1.165, 1.54) is 0 Å². The summed E-state index contributed by atoms with van der Waals surface area (Å²) in [7, 11) is 3.69. The lowest BCUT2D eigenvalue weighted by atomic mass is 9.80. The molecule has 1 unspecified atom stereocenters. The Morgan fingerprint density at radius 1 is 1.32 bits per heavy atom. The van der Waals surface area contributed by atoms with Crippen molar-refractivity contribution >= 4 is 5.97 Å². The Balaban J connectivity index is 2.17. The van der Waals surface area contributed by atoms with Crippen LogP contribution in [0.2, 0.25) is 0 Å². The molecule has 0 spiro atoms. The van der Waals surface area contributed by atoms with Gasteiger partial charge in [0.1, 0.15) is 5.75 Å². The highest BCUT2D eigenvalue weighted by Crippen LogP contribution is 2.33. The van der Waals surface area contributed by atoms with Crippen LogP contribution in [0.1, 0.15) is 24.3 Å². The SMILES string of the molecule is COc1ccc(C(C(=O)O)C2CCN(C)CC2)cc1. The molecule has 2 rings (SSSR count). The second-order valence-corrected chi connectivity index (χ2v) is 5.23. The number of carboxylic acid groups (broad SMARTS) is 1. The van der Waals surface area contributed by atoms with Crippen molar-refractivity contribution in [2.75, 3.05) is 27.2 Å². The molecule has 1 N–H and O–H groups in total. The molecule has 1 heterocycles. The zero-order valence-corrected chi connectivity index (χ0v) is 11.5. The largest absolute Gasteiger partial charge is 0.497 e. The monoisotopic (exact) mass is 263 g/mol. The normalized spacial score (nSPS) is 19.1. The molecule has 0 bridgehead atoms. The first-order valence-corrected chi connectivity index (χ1v) is 6.67. The molecule has 1 aromatic carbocycles. The van der Waals surface area contributed by atoms with Gasteiger partial charge in [-0.15, -0.1) is 0 Å². The fraction of sp³-hybridized carbons (Fsp3) is 0.533. The average molecular weight is 263 g/mol. The molecule has 1 atom stereocenters. The standard InChI is InChI=1S/C15H21NO3/c1-16-9-7-12(8-10-16)14(15(17)18)11-3-5-13(19-2)6-4-11/h3-6,12,14H,7-10H2,1-2H3,(H,17,18). The molecule has 0 saturated carbocycles. The minimum Gasteiger partial charge on any atom is -0.497 e. The van der Waals surface area contributed by atoms with Crippen LogP contribution in [0.15, 0.2) is 24.3 Å². The van der Waals surface area contributed by atoms with Crippen molar-refractivity contribution in [3.05, 3.63) is 29.8 Å². The number of ether oxygens (including phenoxy) is 1. The van der Waals surface area contributed by atoms with Crippen LogP contribution < -0.4 is 4.74 Å². The summed E-state index contributed by atoms with van der Waals surface area (Å²) in [4.78, 5) is 13.8. The molecular formula is C15H21NO3. The summed E-state index contributed by atoms with van der Waals surface area (Å²) in [5.74, 6) is -0.141. The van der Waals surface area contributed by atoms with Gasteiger partial charge in [-0.2, -0.15) is 0 Å². The maximum absolute atomic E-state index is 11.6. The highest BCUT2D eigenvalue weighted by molar-refractivity contribution is 5.76. The van der Waals surface area contributed by atoms with E-state index < -0.39 is 11.9 Å². The number of rotatable bonds is 4. The van der Waals surface area contributed by atoms with Crippen molar-refractivity contribution in [3.63, 3.8) is 0 Å². The molecule has 4 nitrogen and oxygen atoms in total. The second kappa shape index (κ2) is 6.06. The lowest BCUT2D eigenvalue weighted by Gasteiger charge is -2.32. The predicted octanol–water partition coefficient (Wildman–Crippen LogP) is 2.21. The molecule has 0 radical (unpaired) electrons. The highest BCUT2D eigenvalue weighted by atomic mass is 16.5. The Kier molecular flexibility index (Phi) is 4.43. The lowest BCUT2D eigenvalue weighted by molar-refractivity contribution is -0.140. The number of aliphatic carboxylic acids is 1. The quantitative estimate of drug-likeness (QED) is 0.905. The van der Waals surface area contributed by atoms with Crippen LogP contribution in [0, 0.1) is 5.92 Å². The van der Waals surface area contributed by atoms with Gasteiger partial charge < -0.3 is 14.7 Å².